The molecule has 4 unspecified atom stereocenters. The first-order valence-corrected chi connectivity index (χ1v) is 20.0. The summed E-state index contributed by atoms with van der Waals surface area (Å²) in [5.74, 6) is 0.928. The summed E-state index contributed by atoms with van der Waals surface area (Å²) in [7, 11) is 0. The second kappa shape index (κ2) is 9.95. The summed E-state index contributed by atoms with van der Waals surface area (Å²) in [5.41, 5.74) is 22.9. The van der Waals surface area contributed by atoms with Crippen LogP contribution < -0.4 is 26.2 Å². The zero-order valence-electron chi connectivity index (χ0n) is 29.9. The highest BCUT2D eigenvalue weighted by atomic mass is 15.2. The molecular weight excluding hydrogens is 653 g/mol. The Morgan fingerprint density at radius 1 is 0.481 bits per heavy atom. The lowest BCUT2D eigenvalue weighted by molar-refractivity contribution is 0.507. The van der Waals surface area contributed by atoms with Crippen molar-refractivity contribution in [1.29, 1.82) is 0 Å². The van der Waals surface area contributed by atoms with E-state index in [1.54, 1.807) is 0 Å². The molecule has 8 aromatic rings. The Morgan fingerprint density at radius 3 is 1.93 bits per heavy atom. The van der Waals surface area contributed by atoms with Crippen molar-refractivity contribution in [3.8, 4) is 5.69 Å². The summed E-state index contributed by atoms with van der Waals surface area (Å²) < 4.78 is 2.64. The van der Waals surface area contributed by atoms with Gasteiger partial charge in [0.25, 0.3) is 6.71 Å². The Hall–Kier alpha value is -6.00. The highest BCUT2D eigenvalue weighted by Gasteiger charge is 2.52. The van der Waals surface area contributed by atoms with Crippen molar-refractivity contribution in [3.63, 3.8) is 0 Å². The monoisotopic (exact) mass is 689 g/mol. The third-order valence-electron chi connectivity index (χ3n) is 14.4. The van der Waals surface area contributed by atoms with Crippen LogP contribution in [0.25, 0.3) is 27.5 Å². The first-order chi connectivity index (χ1) is 26.8. The lowest BCUT2D eigenvalue weighted by Crippen LogP contribution is -2.60. The molecule has 14 rings (SSSR count). The molecule has 0 bridgehead atoms. The van der Waals surface area contributed by atoms with Gasteiger partial charge in [0.15, 0.2) is 0 Å². The maximum Gasteiger partial charge on any atom is 0.252 e. The highest BCUT2D eigenvalue weighted by molar-refractivity contribution is 7.00. The molecule has 0 fully saturated rings. The Labute approximate surface area is 315 Å². The SMILES string of the molecule is c1ccc2c(c1)CCC1c3ccccc3N(c3cc4c5c(c3)-n3c6ccccc6c6cccc(c63)B5c3cccc5c3N4C3c4ccccc4CCC53)C21. The summed E-state index contributed by atoms with van der Waals surface area (Å²) in [5, 5.41) is 2.69. The van der Waals surface area contributed by atoms with Gasteiger partial charge in [0, 0.05) is 56.6 Å². The van der Waals surface area contributed by atoms with Crippen molar-refractivity contribution in [3.05, 3.63) is 179 Å². The van der Waals surface area contributed by atoms with Crippen LogP contribution in [0.1, 0.15) is 70.1 Å². The minimum Gasteiger partial charge on any atom is -0.334 e. The number of aryl methyl sites for hydroxylation is 2. The van der Waals surface area contributed by atoms with E-state index < -0.39 is 0 Å². The molecule has 4 heteroatoms. The van der Waals surface area contributed by atoms with Gasteiger partial charge in [0.2, 0.25) is 0 Å². The van der Waals surface area contributed by atoms with Crippen molar-refractivity contribution < 1.29 is 0 Å². The summed E-state index contributed by atoms with van der Waals surface area (Å²) in [6, 6.07) is 57.1. The molecule has 0 saturated heterocycles. The van der Waals surface area contributed by atoms with Gasteiger partial charge in [-0.2, -0.15) is 0 Å². The molecule has 0 spiro atoms. The number of benzene rings is 7. The Kier molecular flexibility index (Phi) is 5.25. The number of hydrogen-bond acceptors (Lipinski definition) is 2. The zero-order valence-corrected chi connectivity index (χ0v) is 29.9. The second-order valence-corrected chi connectivity index (χ2v) is 16.6. The van der Waals surface area contributed by atoms with Gasteiger partial charge in [-0.05, 0) is 99.7 Å². The molecule has 7 aromatic carbocycles. The molecule has 4 aliphatic heterocycles. The predicted octanol–water partition coefficient (Wildman–Crippen LogP) is 9.77. The number of hydrogen-bond donors (Lipinski definition) is 0. The van der Waals surface area contributed by atoms with Crippen LogP contribution >= 0.6 is 0 Å². The molecule has 0 N–H and O–H groups in total. The molecule has 3 nitrogen and oxygen atoms in total. The highest BCUT2D eigenvalue weighted by Crippen LogP contribution is 2.60. The summed E-state index contributed by atoms with van der Waals surface area (Å²) in [4.78, 5) is 5.58. The Morgan fingerprint density at radius 2 is 1.09 bits per heavy atom. The largest absolute Gasteiger partial charge is 0.334 e. The quantitative estimate of drug-likeness (QED) is 0.159. The van der Waals surface area contributed by atoms with E-state index in [1.807, 2.05) is 0 Å². The van der Waals surface area contributed by atoms with Crippen LogP contribution in [-0.4, -0.2) is 11.3 Å². The van der Waals surface area contributed by atoms with E-state index in [0.717, 1.165) is 12.8 Å². The number of nitrogens with zero attached hydrogens (tertiary/aromatic N) is 3. The molecule has 254 valence electrons. The lowest BCUT2D eigenvalue weighted by Gasteiger charge is -2.43. The zero-order chi connectivity index (χ0) is 34.8. The van der Waals surface area contributed by atoms with Gasteiger partial charge in [-0.15, -0.1) is 0 Å². The van der Waals surface area contributed by atoms with E-state index in [1.165, 1.54) is 113 Å². The van der Waals surface area contributed by atoms with Crippen LogP contribution in [0, 0.1) is 0 Å². The molecule has 0 amide bonds. The fourth-order valence-electron chi connectivity index (χ4n) is 12.5. The van der Waals surface area contributed by atoms with E-state index in [2.05, 4.69) is 160 Å². The molecule has 4 atom stereocenters. The summed E-state index contributed by atoms with van der Waals surface area (Å²) in [6.07, 6.45) is 4.63. The minimum absolute atomic E-state index is 0.167. The molecule has 2 aliphatic carbocycles. The maximum atomic E-state index is 2.83. The van der Waals surface area contributed by atoms with Crippen LogP contribution in [0.15, 0.2) is 146 Å². The van der Waals surface area contributed by atoms with E-state index in [-0.39, 0.29) is 18.8 Å². The Balaban J connectivity index is 1.13. The van der Waals surface area contributed by atoms with Gasteiger partial charge >= 0.3 is 0 Å². The van der Waals surface area contributed by atoms with E-state index >= 15 is 0 Å². The Bertz CT molecular complexity index is 2970. The first-order valence-electron chi connectivity index (χ1n) is 20.0. The molecule has 6 aliphatic rings. The van der Waals surface area contributed by atoms with Crippen molar-refractivity contribution in [2.45, 2.75) is 49.6 Å². The molecule has 0 saturated carbocycles. The van der Waals surface area contributed by atoms with Crippen molar-refractivity contribution >= 4 is 67.7 Å². The summed E-state index contributed by atoms with van der Waals surface area (Å²) >= 11 is 0. The number of anilines is 4. The summed E-state index contributed by atoms with van der Waals surface area (Å²) in [6.45, 7) is 0.167. The smallest absolute Gasteiger partial charge is 0.252 e. The van der Waals surface area contributed by atoms with E-state index in [4.69, 9.17) is 0 Å². The van der Waals surface area contributed by atoms with Gasteiger partial charge in [-0.3, -0.25) is 0 Å². The van der Waals surface area contributed by atoms with Crippen molar-refractivity contribution in [2.75, 3.05) is 9.80 Å². The van der Waals surface area contributed by atoms with Gasteiger partial charge in [0.05, 0.1) is 17.6 Å². The van der Waals surface area contributed by atoms with Gasteiger partial charge in [-0.1, -0.05) is 121 Å². The van der Waals surface area contributed by atoms with Crippen molar-refractivity contribution in [1.82, 2.24) is 4.57 Å². The third kappa shape index (κ3) is 3.30. The van der Waals surface area contributed by atoms with Gasteiger partial charge < -0.3 is 14.4 Å². The number of fused-ring (bicyclic) bond motifs is 17. The average Bonchev–Trinajstić information content (AvgIpc) is 3.88. The number of rotatable bonds is 1. The maximum absolute atomic E-state index is 2.83. The molecule has 0 radical (unpaired) electrons. The van der Waals surface area contributed by atoms with Crippen LogP contribution in [-0.2, 0) is 12.8 Å². The molecule has 54 heavy (non-hydrogen) atoms. The topological polar surface area (TPSA) is 11.4 Å². The molecular formula is C50H36BN3. The van der Waals surface area contributed by atoms with Gasteiger partial charge in [0.1, 0.15) is 0 Å². The number of aromatic nitrogens is 1. The van der Waals surface area contributed by atoms with E-state index in [0.29, 0.717) is 11.8 Å². The minimum atomic E-state index is 0.167. The first kappa shape index (κ1) is 28.5. The fourth-order valence-corrected chi connectivity index (χ4v) is 12.5. The van der Waals surface area contributed by atoms with Gasteiger partial charge in [-0.25, -0.2) is 0 Å². The standard InChI is InChI=1S/C50H36BN3/c1-3-13-32-29(11-1)23-25-38-35-16-5-7-21-42(35)52(47(32)38)31-27-44-46-45(28-31)54-48-33-14-4-2-12-30(33)24-26-39(48)37-18-10-20-41(50(37)54)51(46)40-19-9-17-36-34-15-6-8-22-43(34)53(44)49(36)40/h1-22,27-28,38-39,47-48H,23-26H2. The van der Waals surface area contributed by atoms with Crippen LogP contribution in [0.2, 0.25) is 0 Å². The van der Waals surface area contributed by atoms with Crippen LogP contribution in [0.3, 0.4) is 0 Å². The van der Waals surface area contributed by atoms with Crippen LogP contribution in [0.4, 0.5) is 22.7 Å². The molecule has 5 heterocycles. The average molecular weight is 690 g/mol. The third-order valence-corrected chi connectivity index (χ3v) is 14.4. The fraction of sp³-hybridized carbons (Fsp3) is 0.160. The predicted molar refractivity (Wildman–Crippen MR) is 223 cm³/mol. The normalized spacial score (nSPS) is 21.7. The number of para-hydroxylation sites is 4. The van der Waals surface area contributed by atoms with Crippen LogP contribution in [0.5, 0.6) is 0 Å². The molecule has 1 aromatic heterocycles. The van der Waals surface area contributed by atoms with E-state index in [9.17, 15) is 0 Å². The van der Waals surface area contributed by atoms with Crippen molar-refractivity contribution in [2.24, 2.45) is 0 Å². The second-order valence-electron chi connectivity index (χ2n) is 16.6. The lowest BCUT2D eigenvalue weighted by atomic mass is 9.34.